The second kappa shape index (κ2) is 7.39. The third-order valence-electron chi connectivity index (χ3n) is 4.61. The van der Waals surface area contributed by atoms with Gasteiger partial charge in [0.25, 0.3) is 0 Å². The summed E-state index contributed by atoms with van der Waals surface area (Å²) in [5.74, 6) is 0.0985. The number of allylic oxidation sites excluding steroid dienone is 3. The van der Waals surface area contributed by atoms with Crippen LogP contribution in [0.25, 0.3) is 0 Å². The summed E-state index contributed by atoms with van der Waals surface area (Å²) in [6.07, 6.45) is 12.1. The summed E-state index contributed by atoms with van der Waals surface area (Å²) in [6.45, 7) is 2.08. The Morgan fingerprint density at radius 2 is 2.29 bits per heavy atom. The van der Waals surface area contributed by atoms with Crippen LogP contribution in [0.1, 0.15) is 39.0 Å². The number of carbonyl (C=O) groups is 2. The molecule has 0 spiro atoms. The highest BCUT2D eigenvalue weighted by atomic mass is 79.9. The molecule has 1 fully saturated rings. The van der Waals surface area contributed by atoms with Gasteiger partial charge in [-0.25, -0.2) is 0 Å². The zero-order valence-corrected chi connectivity index (χ0v) is 14.1. The molecule has 0 radical (unpaired) electrons. The summed E-state index contributed by atoms with van der Waals surface area (Å²) in [7, 11) is 0. The number of carbonyl (C=O) groups excluding carboxylic acids is 2. The second-order valence-corrected chi connectivity index (χ2v) is 6.47. The van der Waals surface area contributed by atoms with Crippen molar-refractivity contribution in [2.24, 2.45) is 17.3 Å². The number of fused-ring (bicyclic) bond motifs is 1. The highest BCUT2D eigenvalue weighted by molar-refractivity contribution is 9.09. The van der Waals surface area contributed by atoms with E-state index in [2.05, 4.69) is 15.9 Å². The molecule has 2 aliphatic carbocycles. The SMILES string of the molecule is CCOC(=O)[C@]1(C/C=C/CBr)C=CC[C@@H]2CCC[C@@H]2C1=O. The van der Waals surface area contributed by atoms with Gasteiger partial charge in [-0.05, 0) is 38.5 Å². The molecular weight excluding hydrogens is 332 g/mol. The molecule has 0 aromatic carbocycles. The molecule has 0 bridgehead atoms. The van der Waals surface area contributed by atoms with E-state index in [0.29, 0.717) is 18.9 Å². The first-order chi connectivity index (χ1) is 10.2. The van der Waals surface area contributed by atoms with E-state index in [1.54, 1.807) is 6.92 Å². The number of ketones is 1. The molecule has 4 heteroatoms. The lowest BCUT2D eigenvalue weighted by Gasteiger charge is -2.28. The molecule has 2 aliphatic rings. The normalized spacial score (nSPS) is 32.2. The fraction of sp³-hybridized carbons (Fsp3) is 0.647. The Morgan fingerprint density at radius 1 is 1.48 bits per heavy atom. The van der Waals surface area contributed by atoms with Crippen molar-refractivity contribution in [3.8, 4) is 0 Å². The van der Waals surface area contributed by atoms with Crippen LogP contribution in [0.5, 0.6) is 0 Å². The number of ether oxygens (including phenoxy) is 1. The number of hydrogen-bond acceptors (Lipinski definition) is 3. The van der Waals surface area contributed by atoms with E-state index in [-0.39, 0.29) is 11.7 Å². The van der Waals surface area contributed by atoms with Gasteiger partial charge in [-0.2, -0.15) is 0 Å². The monoisotopic (exact) mass is 354 g/mol. The van der Waals surface area contributed by atoms with Gasteiger partial charge in [-0.15, -0.1) is 0 Å². The van der Waals surface area contributed by atoms with Crippen LogP contribution >= 0.6 is 15.9 Å². The molecule has 0 aromatic heterocycles. The second-order valence-electron chi connectivity index (χ2n) is 5.82. The van der Waals surface area contributed by atoms with Crippen molar-refractivity contribution in [2.75, 3.05) is 11.9 Å². The highest BCUT2D eigenvalue weighted by Crippen LogP contribution is 2.44. The molecule has 3 nitrogen and oxygen atoms in total. The van der Waals surface area contributed by atoms with Gasteiger partial charge < -0.3 is 4.74 Å². The summed E-state index contributed by atoms with van der Waals surface area (Å²) in [6, 6.07) is 0. The lowest BCUT2D eigenvalue weighted by Crippen LogP contribution is -2.42. The van der Waals surface area contributed by atoms with Gasteiger partial charge >= 0.3 is 5.97 Å². The summed E-state index contributed by atoms with van der Waals surface area (Å²) in [4.78, 5) is 25.6. The maximum atomic E-state index is 13.1. The third kappa shape index (κ3) is 3.31. The Bertz CT molecular complexity index is 455. The third-order valence-corrected chi connectivity index (χ3v) is 4.99. The van der Waals surface area contributed by atoms with Crippen molar-refractivity contribution in [2.45, 2.75) is 39.0 Å². The van der Waals surface area contributed by atoms with Crippen molar-refractivity contribution in [1.29, 1.82) is 0 Å². The van der Waals surface area contributed by atoms with E-state index < -0.39 is 11.4 Å². The Labute approximate surface area is 134 Å². The van der Waals surface area contributed by atoms with E-state index >= 15 is 0 Å². The standard InChI is InChI=1S/C17H23BrO3/c1-2-21-16(20)17(10-3-4-12-18)11-6-8-13-7-5-9-14(13)15(17)19/h3-4,6,11,13-14H,2,5,7-10,12H2,1H3/b4-3+/t13-,14-,17+/m0/s1. The van der Waals surface area contributed by atoms with Gasteiger partial charge in [0.15, 0.2) is 5.78 Å². The van der Waals surface area contributed by atoms with Crippen LogP contribution < -0.4 is 0 Å². The number of Topliss-reactive ketones (excluding diaryl/α,β-unsaturated/α-hetero) is 1. The molecule has 0 amide bonds. The van der Waals surface area contributed by atoms with Crippen LogP contribution in [0.4, 0.5) is 0 Å². The number of alkyl halides is 1. The van der Waals surface area contributed by atoms with E-state index in [9.17, 15) is 9.59 Å². The fourth-order valence-electron chi connectivity index (χ4n) is 3.53. The van der Waals surface area contributed by atoms with E-state index in [1.165, 1.54) is 0 Å². The summed E-state index contributed by atoms with van der Waals surface area (Å²) in [5, 5.41) is 0.718. The molecule has 3 atom stereocenters. The van der Waals surface area contributed by atoms with Crippen molar-refractivity contribution in [1.82, 2.24) is 0 Å². The Kier molecular flexibility index (Phi) is 5.80. The van der Waals surface area contributed by atoms with Crippen molar-refractivity contribution in [3.63, 3.8) is 0 Å². The van der Waals surface area contributed by atoms with E-state index in [0.717, 1.165) is 31.0 Å². The maximum absolute atomic E-state index is 13.1. The van der Waals surface area contributed by atoms with Gasteiger partial charge in [0.1, 0.15) is 5.41 Å². The van der Waals surface area contributed by atoms with Crippen molar-refractivity contribution in [3.05, 3.63) is 24.3 Å². The fourth-order valence-corrected chi connectivity index (χ4v) is 3.80. The molecule has 1 saturated carbocycles. The zero-order valence-electron chi connectivity index (χ0n) is 12.5. The number of esters is 1. The lowest BCUT2D eigenvalue weighted by molar-refractivity contribution is -0.158. The average molecular weight is 355 g/mol. The minimum atomic E-state index is -1.11. The highest BCUT2D eigenvalue weighted by Gasteiger charge is 2.50. The topological polar surface area (TPSA) is 43.4 Å². The van der Waals surface area contributed by atoms with Crippen molar-refractivity contribution < 1.29 is 14.3 Å². The minimum absolute atomic E-state index is 0.0155. The molecule has 0 aliphatic heterocycles. The van der Waals surface area contributed by atoms with E-state index in [1.807, 2.05) is 24.3 Å². The summed E-state index contributed by atoms with van der Waals surface area (Å²) >= 11 is 3.33. The Hall–Kier alpha value is -0.900. The molecule has 116 valence electrons. The largest absolute Gasteiger partial charge is 0.465 e. The molecule has 2 rings (SSSR count). The molecule has 0 unspecified atom stereocenters. The van der Waals surface area contributed by atoms with Gasteiger partial charge in [0.05, 0.1) is 6.61 Å². The first-order valence-electron chi connectivity index (χ1n) is 7.76. The van der Waals surface area contributed by atoms with Gasteiger partial charge in [0, 0.05) is 11.2 Å². The first-order valence-corrected chi connectivity index (χ1v) is 8.88. The molecule has 21 heavy (non-hydrogen) atoms. The van der Waals surface area contributed by atoms with Crippen LogP contribution in [0.2, 0.25) is 0 Å². The van der Waals surface area contributed by atoms with Crippen LogP contribution in [-0.4, -0.2) is 23.7 Å². The lowest BCUT2D eigenvalue weighted by atomic mass is 9.74. The van der Waals surface area contributed by atoms with Gasteiger partial charge in [-0.1, -0.05) is 46.7 Å². The number of hydrogen-bond donors (Lipinski definition) is 0. The van der Waals surface area contributed by atoms with Gasteiger partial charge in [0.2, 0.25) is 0 Å². The van der Waals surface area contributed by atoms with Crippen LogP contribution in [0, 0.1) is 17.3 Å². The molecule has 0 heterocycles. The van der Waals surface area contributed by atoms with E-state index in [4.69, 9.17) is 4.74 Å². The molecular formula is C17H23BrO3. The first kappa shape index (κ1) is 16.5. The maximum Gasteiger partial charge on any atom is 0.323 e. The molecule has 0 N–H and O–H groups in total. The van der Waals surface area contributed by atoms with Crippen molar-refractivity contribution >= 4 is 27.7 Å². The Morgan fingerprint density at radius 3 is 3.00 bits per heavy atom. The summed E-state index contributed by atoms with van der Waals surface area (Å²) in [5.41, 5.74) is -1.11. The quantitative estimate of drug-likeness (QED) is 0.326. The van der Waals surface area contributed by atoms with Gasteiger partial charge in [-0.3, -0.25) is 9.59 Å². The smallest absolute Gasteiger partial charge is 0.323 e. The molecule has 0 aromatic rings. The molecule has 0 saturated heterocycles. The average Bonchev–Trinajstić information content (AvgIpc) is 2.89. The Balaban J connectivity index is 2.34. The van der Waals surface area contributed by atoms with Crippen LogP contribution in [0.3, 0.4) is 0 Å². The number of rotatable bonds is 5. The van der Waals surface area contributed by atoms with Crippen LogP contribution in [-0.2, 0) is 14.3 Å². The number of halogens is 1. The zero-order chi connectivity index (χ0) is 15.3. The summed E-state index contributed by atoms with van der Waals surface area (Å²) < 4.78 is 5.23. The van der Waals surface area contributed by atoms with Crippen LogP contribution in [0.15, 0.2) is 24.3 Å². The predicted molar refractivity (Wildman–Crippen MR) is 86.2 cm³/mol. The minimum Gasteiger partial charge on any atom is -0.465 e. The predicted octanol–water partition coefficient (Wildman–Crippen LogP) is 3.82.